The first kappa shape index (κ1) is 11.1. The highest BCUT2D eigenvalue weighted by Crippen LogP contribution is 2.34. The van der Waals surface area contributed by atoms with E-state index in [1.54, 1.807) is 19.1 Å². The molecule has 0 aliphatic carbocycles. The lowest BCUT2D eigenvalue weighted by Gasteiger charge is -2.23. The summed E-state index contributed by atoms with van der Waals surface area (Å²) in [6.45, 7) is 2.10. The largest absolute Gasteiger partial charge is 0.343 e. The summed E-state index contributed by atoms with van der Waals surface area (Å²) in [5.41, 5.74) is 0.632. The number of hydrogen-bond acceptors (Lipinski definition) is 3. The van der Waals surface area contributed by atoms with Crippen LogP contribution in [0.2, 0.25) is 0 Å². The molecule has 3 nitrogen and oxygen atoms in total. The van der Waals surface area contributed by atoms with E-state index in [1.807, 2.05) is 6.07 Å². The molecule has 1 heterocycles. The minimum atomic E-state index is -0.941. The van der Waals surface area contributed by atoms with Gasteiger partial charge in [0, 0.05) is 5.56 Å². The Labute approximate surface area is 93.4 Å². The predicted molar refractivity (Wildman–Crippen MR) is 54.8 cm³/mol. The number of rotatable bonds is 2. The monoisotopic (exact) mass is 221 g/mol. The number of ether oxygens (including phenoxy) is 2. The topological polar surface area (TPSA) is 42.2 Å². The second-order valence-electron chi connectivity index (χ2n) is 3.87. The lowest BCUT2D eigenvalue weighted by molar-refractivity contribution is -0.161. The number of hydrogen-bond donors (Lipinski definition) is 0. The molecule has 0 saturated carbocycles. The van der Waals surface area contributed by atoms with Gasteiger partial charge in [-0.1, -0.05) is 12.1 Å². The fourth-order valence-electron chi connectivity index (χ4n) is 1.76. The van der Waals surface area contributed by atoms with Crippen molar-refractivity contribution in [1.29, 1.82) is 5.26 Å². The van der Waals surface area contributed by atoms with Crippen LogP contribution in [0.25, 0.3) is 0 Å². The van der Waals surface area contributed by atoms with Crippen LogP contribution in [0.5, 0.6) is 0 Å². The molecule has 4 heteroatoms. The predicted octanol–water partition coefficient (Wildman–Crippen LogP) is 2.33. The van der Waals surface area contributed by atoms with Crippen LogP contribution in [0, 0.1) is 17.1 Å². The third-order valence-electron chi connectivity index (χ3n) is 2.60. The van der Waals surface area contributed by atoms with Crippen molar-refractivity contribution in [3.05, 3.63) is 35.6 Å². The maximum absolute atomic E-state index is 13.1. The van der Waals surface area contributed by atoms with Gasteiger partial charge in [0.25, 0.3) is 0 Å². The Bertz CT molecular complexity index is 429. The van der Waals surface area contributed by atoms with Gasteiger partial charge in [0.1, 0.15) is 5.82 Å². The molecule has 0 bridgehead atoms. The van der Waals surface area contributed by atoms with Gasteiger partial charge in [-0.05, 0) is 19.1 Å². The first-order valence-electron chi connectivity index (χ1n) is 5.09. The molecule has 2 atom stereocenters. The zero-order chi connectivity index (χ0) is 11.6. The van der Waals surface area contributed by atoms with Gasteiger partial charge in [0.05, 0.1) is 25.2 Å². The molecule has 0 amide bonds. The fourth-order valence-corrected chi connectivity index (χ4v) is 1.76. The molecule has 1 aliphatic heterocycles. The molecule has 1 aliphatic rings. The van der Waals surface area contributed by atoms with Crippen molar-refractivity contribution in [3.8, 4) is 6.07 Å². The number of halogens is 1. The van der Waals surface area contributed by atoms with E-state index in [2.05, 4.69) is 0 Å². The summed E-state index contributed by atoms with van der Waals surface area (Å²) in [5.74, 6) is -1.27. The van der Waals surface area contributed by atoms with Gasteiger partial charge < -0.3 is 9.47 Å². The summed E-state index contributed by atoms with van der Waals surface area (Å²) in [4.78, 5) is 0. The van der Waals surface area contributed by atoms with Crippen LogP contribution in [-0.2, 0) is 15.3 Å². The Morgan fingerprint density at radius 3 is 3.12 bits per heavy atom. The van der Waals surface area contributed by atoms with Crippen molar-refractivity contribution < 1.29 is 13.9 Å². The molecule has 84 valence electrons. The van der Waals surface area contributed by atoms with E-state index in [1.165, 1.54) is 12.1 Å². The first-order valence-corrected chi connectivity index (χ1v) is 5.09. The minimum Gasteiger partial charge on any atom is -0.343 e. The van der Waals surface area contributed by atoms with Crippen LogP contribution in [0.15, 0.2) is 24.3 Å². The van der Waals surface area contributed by atoms with Gasteiger partial charge in [-0.2, -0.15) is 5.26 Å². The van der Waals surface area contributed by atoms with Crippen molar-refractivity contribution in [2.75, 3.05) is 6.61 Å². The average Bonchev–Trinajstić information content (AvgIpc) is 2.62. The highest BCUT2D eigenvalue weighted by molar-refractivity contribution is 5.21. The highest BCUT2D eigenvalue weighted by atomic mass is 19.1. The Morgan fingerprint density at radius 1 is 1.62 bits per heavy atom. The van der Waals surface area contributed by atoms with E-state index in [9.17, 15) is 4.39 Å². The lowest BCUT2D eigenvalue weighted by atomic mass is 10.1. The van der Waals surface area contributed by atoms with Crippen LogP contribution in [-0.4, -0.2) is 12.7 Å². The van der Waals surface area contributed by atoms with Gasteiger partial charge >= 0.3 is 0 Å². The van der Waals surface area contributed by atoms with E-state index < -0.39 is 5.79 Å². The van der Waals surface area contributed by atoms with Crippen molar-refractivity contribution in [2.45, 2.75) is 25.2 Å². The molecule has 1 aromatic carbocycles. The SMILES string of the molecule is CC1(c2cccc(F)c2)OCC(CC#N)O1. The van der Waals surface area contributed by atoms with Crippen molar-refractivity contribution in [2.24, 2.45) is 0 Å². The van der Waals surface area contributed by atoms with E-state index in [0.29, 0.717) is 12.2 Å². The summed E-state index contributed by atoms with van der Waals surface area (Å²) in [6.07, 6.45) is 0.0449. The Balaban J connectivity index is 2.19. The van der Waals surface area contributed by atoms with Gasteiger partial charge in [0.2, 0.25) is 0 Å². The second-order valence-corrected chi connectivity index (χ2v) is 3.87. The third kappa shape index (κ3) is 2.06. The van der Waals surface area contributed by atoms with Gasteiger partial charge in [0.15, 0.2) is 5.79 Å². The smallest absolute Gasteiger partial charge is 0.192 e. The highest BCUT2D eigenvalue weighted by Gasteiger charge is 2.38. The van der Waals surface area contributed by atoms with Gasteiger partial charge in [-0.3, -0.25) is 0 Å². The number of benzene rings is 1. The van der Waals surface area contributed by atoms with Gasteiger partial charge in [-0.15, -0.1) is 0 Å². The van der Waals surface area contributed by atoms with Crippen LogP contribution < -0.4 is 0 Å². The molecule has 1 saturated heterocycles. The standard InChI is InChI=1S/C12H12FNO2/c1-12(9-3-2-4-10(13)7-9)15-8-11(16-12)5-6-14/h2-4,7,11H,5,8H2,1H3. The molecule has 1 fully saturated rings. The van der Waals surface area contributed by atoms with Gasteiger partial charge in [-0.25, -0.2) is 4.39 Å². The van der Waals surface area contributed by atoms with Crippen molar-refractivity contribution in [1.82, 2.24) is 0 Å². The summed E-state index contributed by atoms with van der Waals surface area (Å²) in [7, 11) is 0. The second kappa shape index (κ2) is 4.20. The molecule has 0 N–H and O–H groups in total. The molecule has 16 heavy (non-hydrogen) atoms. The molecule has 1 aromatic rings. The average molecular weight is 221 g/mol. The quantitative estimate of drug-likeness (QED) is 0.769. The maximum Gasteiger partial charge on any atom is 0.192 e. The molecule has 2 rings (SSSR count). The van der Waals surface area contributed by atoms with Crippen molar-refractivity contribution in [3.63, 3.8) is 0 Å². The number of nitriles is 1. The molecular formula is C12H12FNO2. The van der Waals surface area contributed by atoms with Crippen molar-refractivity contribution >= 4 is 0 Å². The summed E-state index contributed by atoms with van der Waals surface area (Å²) in [6, 6.07) is 8.14. The zero-order valence-electron chi connectivity index (χ0n) is 8.94. The Hall–Kier alpha value is -1.44. The number of nitrogens with zero attached hydrogens (tertiary/aromatic N) is 1. The van der Waals surface area contributed by atoms with Crippen LogP contribution in [0.3, 0.4) is 0 Å². The summed E-state index contributed by atoms with van der Waals surface area (Å²) in [5, 5.41) is 8.57. The summed E-state index contributed by atoms with van der Waals surface area (Å²) < 4.78 is 24.2. The van der Waals surface area contributed by atoms with E-state index >= 15 is 0 Å². The van der Waals surface area contributed by atoms with Crippen LogP contribution >= 0.6 is 0 Å². The maximum atomic E-state index is 13.1. The normalized spacial score (nSPS) is 28.9. The lowest BCUT2D eigenvalue weighted by Crippen LogP contribution is -2.23. The molecule has 0 radical (unpaired) electrons. The Morgan fingerprint density at radius 2 is 2.44 bits per heavy atom. The molecule has 0 aromatic heterocycles. The third-order valence-corrected chi connectivity index (χ3v) is 2.60. The van der Waals surface area contributed by atoms with E-state index in [0.717, 1.165) is 0 Å². The van der Waals surface area contributed by atoms with Crippen LogP contribution in [0.1, 0.15) is 18.9 Å². The molecular weight excluding hydrogens is 209 g/mol. The van der Waals surface area contributed by atoms with E-state index in [4.69, 9.17) is 14.7 Å². The molecule has 2 unspecified atom stereocenters. The minimum absolute atomic E-state index is 0.238. The summed E-state index contributed by atoms with van der Waals surface area (Å²) >= 11 is 0. The molecule has 0 spiro atoms. The first-order chi connectivity index (χ1) is 7.64. The zero-order valence-corrected chi connectivity index (χ0v) is 8.94. The van der Waals surface area contributed by atoms with Crippen LogP contribution in [0.4, 0.5) is 4.39 Å². The van der Waals surface area contributed by atoms with E-state index in [-0.39, 0.29) is 18.3 Å². The Kier molecular flexibility index (Phi) is 2.90. The fraction of sp³-hybridized carbons (Fsp3) is 0.417.